The molecule has 1 saturated heterocycles. The topological polar surface area (TPSA) is 93.9 Å². The Bertz CT molecular complexity index is 1530. The number of hydrogen-bond donors (Lipinski definition) is 1. The number of anilines is 1. The van der Waals surface area contributed by atoms with Gasteiger partial charge in [0.2, 0.25) is 0 Å². The maximum atomic E-state index is 13.5. The molecule has 0 radical (unpaired) electrons. The van der Waals surface area contributed by atoms with Crippen LogP contribution in [0.15, 0.2) is 54.6 Å². The molecule has 1 aliphatic heterocycles. The molecule has 1 unspecified atom stereocenters. The maximum absolute atomic E-state index is 13.5. The van der Waals surface area contributed by atoms with Gasteiger partial charge in [-0.3, -0.25) is 4.79 Å². The molecule has 0 aliphatic carbocycles. The molecule has 9 heteroatoms. The Labute approximate surface area is 196 Å². The summed E-state index contributed by atoms with van der Waals surface area (Å²) < 4.78 is 39.4. The van der Waals surface area contributed by atoms with Crippen molar-refractivity contribution in [1.29, 1.82) is 0 Å². The van der Waals surface area contributed by atoms with E-state index < -0.39 is 9.84 Å². The molecule has 2 aromatic carbocycles. The van der Waals surface area contributed by atoms with E-state index in [1.54, 1.807) is 29.8 Å². The van der Waals surface area contributed by atoms with Gasteiger partial charge in [-0.15, -0.1) is 0 Å². The zero-order valence-corrected chi connectivity index (χ0v) is 19.6. The number of sulfone groups is 1. The second-order valence-corrected chi connectivity index (χ2v) is 10.8. The minimum absolute atomic E-state index is 0.0174. The summed E-state index contributed by atoms with van der Waals surface area (Å²) in [6.07, 6.45) is 0.436. The van der Waals surface area contributed by atoms with Crippen molar-refractivity contribution < 1.29 is 17.6 Å². The molecular weight excluding hydrogens is 455 g/mol. The quantitative estimate of drug-likeness (QED) is 0.467. The van der Waals surface area contributed by atoms with E-state index in [1.807, 2.05) is 31.2 Å². The monoisotopic (exact) mass is 478 g/mol. The van der Waals surface area contributed by atoms with Gasteiger partial charge in [-0.05, 0) is 62.2 Å². The highest BCUT2D eigenvalue weighted by atomic mass is 32.2. The summed E-state index contributed by atoms with van der Waals surface area (Å²) in [6, 6.07) is 14.7. The second kappa shape index (κ2) is 8.32. The molecule has 0 spiro atoms. The van der Waals surface area contributed by atoms with E-state index >= 15 is 0 Å². The van der Waals surface area contributed by atoms with E-state index in [1.165, 1.54) is 12.1 Å². The lowest BCUT2D eigenvalue weighted by Crippen LogP contribution is -2.15. The third kappa shape index (κ3) is 4.07. The Morgan fingerprint density at radius 3 is 2.53 bits per heavy atom. The first-order chi connectivity index (χ1) is 16.2. The Kier molecular flexibility index (Phi) is 5.44. The number of amides is 1. The Balaban J connectivity index is 1.69. The van der Waals surface area contributed by atoms with Crippen molar-refractivity contribution in [3.05, 3.63) is 77.2 Å². The number of aryl methyl sites for hydroxylation is 2. The average Bonchev–Trinajstić information content (AvgIpc) is 3.34. The van der Waals surface area contributed by atoms with Crippen LogP contribution < -0.4 is 5.32 Å². The number of halogens is 1. The Hall–Kier alpha value is -3.59. The van der Waals surface area contributed by atoms with Crippen molar-refractivity contribution in [1.82, 2.24) is 14.8 Å². The fourth-order valence-corrected chi connectivity index (χ4v) is 6.08. The number of pyridine rings is 1. The molecular formula is C25H23FN4O3S. The summed E-state index contributed by atoms with van der Waals surface area (Å²) in [6.45, 7) is 3.69. The first-order valence-corrected chi connectivity index (χ1v) is 12.8. The van der Waals surface area contributed by atoms with E-state index in [-0.39, 0.29) is 29.3 Å². The fourth-order valence-electron chi connectivity index (χ4n) is 4.39. The highest BCUT2D eigenvalue weighted by Gasteiger charge is 2.32. The molecule has 174 valence electrons. The molecule has 34 heavy (non-hydrogen) atoms. The van der Waals surface area contributed by atoms with Gasteiger partial charge in [-0.1, -0.05) is 18.2 Å². The largest absolute Gasteiger partial charge is 0.322 e. The second-order valence-electron chi connectivity index (χ2n) is 8.62. The van der Waals surface area contributed by atoms with Gasteiger partial charge in [0, 0.05) is 11.3 Å². The number of para-hydroxylation sites is 1. The SMILES string of the molecule is Cc1ccccc1NC(=O)c1cc(-c2ccc(F)cc2)nc2c1c(C)nn2C1CCS(=O)(=O)C1. The summed E-state index contributed by atoms with van der Waals surface area (Å²) in [5.74, 6) is -0.626. The number of hydrogen-bond acceptors (Lipinski definition) is 5. The highest BCUT2D eigenvalue weighted by Crippen LogP contribution is 2.32. The van der Waals surface area contributed by atoms with Crippen LogP contribution in [0.4, 0.5) is 10.1 Å². The van der Waals surface area contributed by atoms with Gasteiger partial charge in [0.05, 0.1) is 39.9 Å². The number of nitrogens with zero attached hydrogens (tertiary/aromatic N) is 3. The molecule has 5 rings (SSSR count). The standard InChI is InChI=1S/C25H23FN4O3S/c1-15-5-3-4-6-21(15)28-25(31)20-13-22(17-7-9-18(26)10-8-17)27-24-23(20)16(2)29-30(24)19-11-12-34(32,33)14-19/h3-10,13,19H,11-12,14H2,1-2H3,(H,28,31). The van der Waals surface area contributed by atoms with Gasteiger partial charge < -0.3 is 5.32 Å². The number of fused-ring (bicyclic) bond motifs is 1. The molecule has 2 aromatic heterocycles. The number of aromatic nitrogens is 3. The van der Waals surface area contributed by atoms with Gasteiger partial charge in [0.1, 0.15) is 5.82 Å². The normalized spacial score (nSPS) is 17.2. The number of rotatable bonds is 4. The van der Waals surface area contributed by atoms with E-state index in [9.17, 15) is 17.6 Å². The minimum atomic E-state index is -3.15. The first kappa shape index (κ1) is 22.2. The van der Waals surface area contributed by atoms with Crippen LogP contribution in [0.2, 0.25) is 0 Å². The predicted octanol–water partition coefficient (Wildman–Crippen LogP) is 4.47. The van der Waals surface area contributed by atoms with Crippen molar-refractivity contribution >= 4 is 32.5 Å². The minimum Gasteiger partial charge on any atom is -0.322 e. The van der Waals surface area contributed by atoms with E-state index in [4.69, 9.17) is 4.98 Å². The molecule has 0 bridgehead atoms. The molecule has 1 fully saturated rings. The van der Waals surface area contributed by atoms with Crippen molar-refractivity contribution in [2.45, 2.75) is 26.3 Å². The van der Waals surface area contributed by atoms with Crippen molar-refractivity contribution in [3.8, 4) is 11.3 Å². The van der Waals surface area contributed by atoms with Crippen LogP contribution in [-0.4, -0.2) is 40.6 Å². The maximum Gasteiger partial charge on any atom is 0.256 e. The zero-order valence-electron chi connectivity index (χ0n) is 18.7. The summed E-state index contributed by atoms with van der Waals surface area (Å²) in [7, 11) is -3.15. The van der Waals surface area contributed by atoms with Gasteiger partial charge in [-0.25, -0.2) is 22.5 Å². The lowest BCUT2D eigenvalue weighted by atomic mass is 10.0. The fraction of sp³-hybridized carbons (Fsp3) is 0.240. The summed E-state index contributed by atoms with van der Waals surface area (Å²) in [5, 5.41) is 8.14. The molecule has 0 saturated carbocycles. The van der Waals surface area contributed by atoms with E-state index in [2.05, 4.69) is 10.4 Å². The molecule has 1 N–H and O–H groups in total. The van der Waals surface area contributed by atoms with Crippen LogP contribution in [0.3, 0.4) is 0 Å². The molecule has 7 nitrogen and oxygen atoms in total. The highest BCUT2D eigenvalue weighted by molar-refractivity contribution is 7.91. The summed E-state index contributed by atoms with van der Waals surface area (Å²) in [5.41, 5.74) is 4.12. The molecule has 1 atom stereocenters. The third-order valence-corrected chi connectivity index (χ3v) is 7.92. The average molecular weight is 479 g/mol. The lowest BCUT2D eigenvalue weighted by Gasteiger charge is -2.13. The number of benzene rings is 2. The van der Waals surface area contributed by atoms with E-state index in [0.29, 0.717) is 45.7 Å². The van der Waals surface area contributed by atoms with Crippen LogP contribution in [-0.2, 0) is 9.84 Å². The first-order valence-electron chi connectivity index (χ1n) is 10.9. The van der Waals surface area contributed by atoms with Crippen molar-refractivity contribution in [2.24, 2.45) is 0 Å². The van der Waals surface area contributed by atoms with Crippen LogP contribution in [0.5, 0.6) is 0 Å². The van der Waals surface area contributed by atoms with Gasteiger partial charge in [0.15, 0.2) is 15.5 Å². The number of nitrogens with one attached hydrogen (secondary N) is 1. The lowest BCUT2D eigenvalue weighted by molar-refractivity contribution is 0.102. The summed E-state index contributed by atoms with van der Waals surface area (Å²) >= 11 is 0. The van der Waals surface area contributed by atoms with Gasteiger partial charge in [-0.2, -0.15) is 5.10 Å². The Morgan fingerprint density at radius 2 is 1.85 bits per heavy atom. The predicted molar refractivity (Wildman–Crippen MR) is 129 cm³/mol. The number of carbonyl (C=O) groups is 1. The Morgan fingerprint density at radius 1 is 1.12 bits per heavy atom. The molecule has 4 aromatic rings. The molecule has 1 aliphatic rings. The zero-order chi connectivity index (χ0) is 24.0. The van der Waals surface area contributed by atoms with Gasteiger partial charge >= 0.3 is 0 Å². The van der Waals surface area contributed by atoms with Crippen molar-refractivity contribution in [3.63, 3.8) is 0 Å². The smallest absolute Gasteiger partial charge is 0.256 e. The van der Waals surface area contributed by atoms with Crippen LogP contribution in [0.25, 0.3) is 22.3 Å². The molecule has 3 heterocycles. The summed E-state index contributed by atoms with van der Waals surface area (Å²) in [4.78, 5) is 18.2. The number of carbonyl (C=O) groups excluding carboxylic acids is 1. The van der Waals surface area contributed by atoms with Crippen LogP contribution in [0, 0.1) is 19.7 Å². The molecule has 1 amide bonds. The van der Waals surface area contributed by atoms with Crippen LogP contribution in [0.1, 0.15) is 34.1 Å². The van der Waals surface area contributed by atoms with Crippen LogP contribution >= 0.6 is 0 Å². The van der Waals surface area contributed by atoms with Gasteiger partial charge in [0.25, 0.3) is 5.91 Å². The third-order valence-electron chi connectivity index (χ3n) is 6.17. The van der Waals surface area contributed by atoms with Crippen molar-refractivity contribution in [2.75, 3.05) is 16.8 Å². The van der Waals surface area contributed by atoms with E-state index in [0.717, 1.165) is 5.56 Å².